The van der Waals surface area contributed by atoms with E-state index in [-0.39, 0.29) is 5.91 Å². The van der Waals surface area contributed by atoms with Crippen molar-refractivity contribution in [2.45, 2.75) is 19.3 Å². The number of aromatic nitrogens is 1. The summed E-state index contributed by atoms with van der Waals surface area (Å²) in [6.45, 7) is 2.74. The Morgan fingerprint density at radius 2 is 2.19 bits per heavy atom. The number of carbonyl (C=O) groups excluding carboxylic acids is 1. The van der Waals surface area contributed by atoms with Crippen LogP contribution in [0.5, 0.6) is 0 Å². The Morgan fingerprint density at radius 1 is 1.29 bits per heavy atom. The van der Waals surface area contributed by atoms with Crippen LogP contribution < -0.4 is 10.6 Å². The molecule has 0 radical (unpaired) electrons. The molecule has 0 saturated carbocycles. The number of aromatic amines is 1. The van der Waals surface area contributed by atoms with Gasteiger partial charge in [0.2, 0.25) is 5.91 Å². The molecule has 4 heteroatoms. The zero-order valence-electron chi connectivity index (χ0n) is 12.1. The van der Waals surface area contributed by atoms with E-state index >= 15 is 0 Å². The number of para-hydroxylation sites is 1. The SMILES string of the molecule is O=C(Cc1c[nH]c2ccccc12)NCCC1=CCNCC1. The molecule has 0 fully saturated rings. The molecule has 1 aliphatic rings. The van der Waals surface area contributed by atoms with E-state index in [1.807, 2.05) is 30.5 Å². The van der Waals surface area contributed by atoms with Crippen molar-refractivity contribution in [3.05, 3.63) is 47.7 Å². The summed E-state index contributed by atoms with van der Waals surface area (Å²) >= 11 is 0. The van der Waals surface area contributed by atoms with E-state index in [9.17, 15) is 4.79 Å². The Morgan fingerprint density at radius 3 is 3.05 bits per heavy atom. The van der Waals surface area contributed by atoms with Crippen LogP contribution in [-0.4, -0.2) is 30.5 Å². The van der Waals surface area contributed by atoms with Gasteiger partial charge in [-0.25, -0.2) is 0 Å². The number of carbonyl (C=O) groups is 1. The second kappa shape index (κ2) is 6.59. The molecule has 3 rings (SSSR count). The van der Waals surface area contributed by atoms with Crippen LogP contribution in [0.3, 0.4) is 0 Å². The van der Waals surface area contributed by atoms with Gasteiger partial charge in [-0.05, 0) is 31.0 Å². The van der Waals surface area contributed by atoms with Crippen molar-refractivity contribution in [3.8, 4) is 0 Å². The molecule has 0 saturated heterocycles. The van der Waals surface area contributed by atoms with Gasteiger partial charge in [0.05, 0.1) is 6.42 Å². The molecule has 1 amide bonds. The first-order valence-corrected chi connectivity index (χ1v) is 7.53. The minimum Gasteiger partial charge on any atom is -0.361 e. The van der Waals surface area contributed by atoms with Crippen molar-refractivity contribution in [1.82, 2.24) is 15.6 Å². The first-order valence-electron chi connectivity index (χ1n) is 7.53. The molecule has 1 aliphatic heterocycles. The lowest BCUT2D eigenvalue weighted by Crippen LogP contribution is -2.27. The summed E-state index contributed by atoms with van der Waals surface area (Å²) in [7, 11) is 0. The third kappa shape index (κ3) is 3.52. The number of nitrogens with one attached hydrogen (secondary N) is 3. The highest BCUT2D eigenvalue weighted by Gasteiger charge is 2.09. The molecule has 0 unspecified atom stereocenters. The normalized spacial score (nSPS) is 15.0. The lowest BCUT2D eigenvalue weighted by molar-refractivity contribution is -0.120. The maximum absolute atomic E-state index is 12.0. The number of benzene rings is 1. The third-order valence-electron chi connectivity index (χ3n) is 3.95. The zero-order chi connectivity index (χ0) is 14.5. The van der Waals surface area contributed by atoms with Crippen LogP contribution in [-0.2, 0) is 11.2 Å². The maximum Gasteiger partial charge on any atom is 0.224 e. The molecule has 1 aromatic heterocycles. The number of hydrogen-bond acceptors (Lipinski definition) is 2. The first kappa shape index (κ1) is 13.9. The first-order chi connectivity index (χ1) is 10.3. The van der Waals surface area contributed by atoms with Gasteiger partial charge in [-0.3, -0.25) is 4.79 Å². The van der Waals surface area contributed by atoms with Crippen LogP contribution in [0.15, 0.2) is 42.1 Å². The molecule has 0 aliphatic carbocycles. The fourth-order valence-corrected chi connectivity index (χ4v) is 2.77. The molecule has 1 aromatic carbocycles. The van der Waals surface area contributed by atoms with E-state index in [0.29, 0.717) is 6.42 Å². The highest BCUT2D eigenvalue weighted by Crippen LogP contribution is 2.18. The summed E-state index contributed by atoms with van der Waals surface area (Å²) in [5.41, 5.74) is 3.59. The van der Waals surface area contributed by atoms with Crippen LogP contribution in [0.4, 0.5) is 0 Å². The monoisotopic (exact) mass is 283 g/mol. The van der Waals surface area contributed by atoms with Crippen molar-refractivity contribution in [2.75, 3.05) is 19.6 Å². The van der Waals surface area contributed by atoms with E-state index in [1.165, 1.54) is 5.57 Å². The van der Waals surface area contributed by atoms with Crippen LogP contribution in [0.25, 0.3) is 10.9 Å². The fraction of sp³-hybridized carbons (Fsp3) is 0.353. The lowest BCUT2D eigenvalue weighted by Gasteiger charge is -2.14. The van der Waals surface area contributed by atoms with Crippen LogP contribution in [0.1, 0.15) is 18.4 Å². The van der Waals surface area contributed by atoms with E-state index in [4.69, 9.17) is 0 Å². The predicted octanol–water partition coefficient (Wildman–Crippen LogP) is 2.14. The average Bonchev–Trinajstić information content (AvgIpc) is 2.92. The molecule has 3 N–H and O–H groups in total. The van der Waals surface area contributed by atoms with Crippen molar-refractivity contribution in [2.24, 2.45) is 0 Å². The quantitative estimate of drug-likeness (QED) is 0.736. The predicted molar refractivity (Wildman–Crippen MR) is 85.2 cm³/mol. The molecule has 4 nitrogen and oxygen atoms in total. The Labute approximate surface area is 124 Å². The molecule has 0 bridgehead atoms. The summed E-state index contributed by atoms with van der Waals surface area (Å²) in [6.07, 6.45) is 6.65. The van der Waals surface area contributed by atoms with Gasteiger partial charge in [0.25, 0.3) is 0 Å². The van der Waals surface area contributed by atoms with Gasteiger partial charge in [-0.2, -0.15) is 0 Å². The third-order valence-corrected chi connectivity index (χ3v) is 3.95. The number of H-pyrrole nitrogens is 1. The van der Waals surface area contributed by atoms with E-state index in [1.54, 1.807) is 0 Å². The number of rotatable bonds is 5. The van der Waals surface area contributed by atoms with E-state index in [0.717, 1.165) is 48.9 Å². The van der Waals surface area contributed by atoms with Crippen LogP contribution in [0.2, 0.25) is 0 Å². The van der Waals surface area contributed by atoms with Gasteiger partial charge in [0.15, 0.2) is 0 Å². The zero-order valence-corrected chi connectivity index (χ0v) is 12.1. The molecule has 0 atom stereocenters. The molecular weight excluding hydrogens is 262 g/mol. The van der Waals surface area contributed by atoms with Gasteiger partial charge in [-0.1, -0.05) is 29.8 Å². The van der Waals surface area contributed by atoms with Crippen molar-refractivity contribution >= 4 is 16.8 Å². The topological polar surface area (TPSA) is 56.9 Å². The molecule has 110 valence electrons. The molecule has 2 heterocycles. The van der Waals surface area contributed by atoms with Crippen molar-refractivity contribution < 1.29 is 4.79 Å². The Kier molecular flexibility index (Phi) is 4.36. The number of amides is 1. The van der Waals surface area contributed by atoms with Crippen molar-refractivity contribution in [1.29, 1.82) is 0 Å². The van der Waals surface area contributed by atoms with E-state index < -0.39 is 0 Å². The van der Waals surface area contributed by atoms with Crippen LogP contribution in [0, 0.1) is 0 Å². The highest BCUT2D eigenvalue weighted by molar-refractivity contribution is 5.88. The van der Waals surface area contributed by atoms with Gasteiger partial charge in [0, 0.05) is 30.2 Å². The van der Waals surface area contributed by atoms with Gasteiger partial charge in [0.1, 0.15) is 0 Å². The van der Waals surface area contributed by atoms with E-state index in [2.05, 4.69) is 21.7 Å². The number of hydrogen-bond donors (Lipinski definition) is 3. The summed E-state index contributed by atoms with van der Waals surface area (Å²) < 4.78 is 0. The van der Waals surface area contributed by atoms with Crippen molar-refractivity contribution in [3.63, 3.8) is 0 Å². The minimum absolute atomic E-state index is 0.0919. The fourth-order valence-electron chi connectivity index (χ4n) is 2.77. The molecule has 21 heavy (non-hydrogen) atoms. The van der Waals surface area contributed by atoms with Gasteiger partial charge < -0.3 is 15.6 Å². The van der Waals surface area contributed by atoms with Gasteiger partial charge >= 0.3 is 0 Å². The summed E-state index contributed by atoms with van der Waals surface area (Å²) in [5, 5.41) is 7.45. The average molecular weight is 283 g/mol. The highest BCUT2D eigenvalue weighted by atomic mass is 16.1. The molecular formula is C17H21N3O. The second-order valence-corrected chi connectivity index (χ2v) is 5.45. The summed E-state index contributed by atoms with van der Waals surface area (Å²) in [4.78, 5) is 15.2. The van der Waals surface area contributed by atoms with Gasteiger partial charge in [-0.15, -0.1) is 0 Å². The summed E-state index contributed by atoms with van der Waals surface area (Å²) in [6, 6.07) is 8.07. The lowest BCUT2D eigenvalue weighted by atomic mass is 10.1. The molecule has 2 aromatic rings. The standard InChI is InChI=1S/C17H21N3O/c21-17(19-10-7-13-5-8-18-9-6-13)11-14-12-20-16-4-2-1-3-15(14)16/h1-5,12,18,20H,6-11H2,(H,19,21). The number of fused-ring (bicyclic) bond motifs is 1. The van der Waals surface area contributed by atoms with Crippen LogP contribution >= 0.6 is 0 Å². The Bertz CT molecular complexity index is 657. The maximum atomic E-state index is 12.0. The largest absolute Gasteiger partial charge is 0.361 e. The minimum atomic E-state index is 0.0919. The second-order valence-electron chi connectivity index (χ2n) is 5.45. The molecule has 0 spiro atoms. The summed E-state index contributed by atoms with van der Waals surface area (Å²) in [5.74, 6) is 0.0919. The smallest absolute Gasteiger partial charge is 0.224 e. The Balaban J connectivity index is 1.51. The Hall–Kier alpha value is -2.07.